The van der Waals surface area contributed by atoms with Crippen molar-refractivity contribution >= 4 is 16.7 Å². The Labute approximate surface area is 86.6 Å². The van der Waals surface area contributed by atoms with E-state index in [2.05, 4.69) is 0 Å². The van der Waals surface area contributed by atoms with Crippen molar-refractivity contribution in [2.45, 2.75) is 6.42 Å². The van der Waals surface area contributed by atoms with E-state index in [0.717, 1.165) is 10.8 Å². The minimum atomic E-state index is -1.15. The van der Waals surface area contributed by atoms with E-state index in [1.807, 2.05) is 24.3 Å². The topological polar surface area (TPSA) is 60.4 Å². The van der Waals surface area contributed by atoms with Gasteiger partial charge in [0.1, 0.15) is 5.75 Å². The standard InChI is InChI=1S/C12H10O3/c13-10-5-8-3-1-2-4-11(8)9(6-10)7-12(14)15/h1-6,13H,7H2,(H,14,15)/p-1. The van der Waals surface area contributed by atoms with Gasteiger partial charge in [-0.1, -0.05) is 24.3 Å². The van der Waals surface area contributed by atoms with Gasteiger partial charge in [-0.15, -0.1) is 0 Å². The molecule has 3 heteroatoms. The number of aliphatic carboxylic acids is 1. The summed E-state index contributed by atoms with van der Waals surface area (Å²) < 4.78 is 0. The number of fused-ring (bicyclic) bond motifs is 1. The largest absolute Gasteiger partial charge is 0.550 e. The lowest BCUT2D eigenvalue weighted by atomic mass is 10.0. The molecule has 1 N–H and O–H groups in total. The number of phenolic OH excluding ortho intramolecular Hbond substituents is 1. The van der Waals surface area contributed by atoms with Gasteiger partial charge in [-0.3, -0.25) is 0 Å². The van der Waals surface area contributed by atoms with Crippen molar-refractivity contribution in [2.75, 3.05) is 0 Å². The first-order valence-corrected chi connectivity index (χ1v) is 4.57. The highest BCUT2D eigenvalue weighted by Crippen LogP contribution is 2.24. The molecular weight excluding hydrogens is 192 g/mol. The lowest BCUT2D eigenvalue weighted by Gasteiger charge is -2.08. The average Bonchev–Trinajstić information content (AvgIpc) is 2.16. The monoisotopic (exact) mass is 201 g/mol. The van der Waals surface area contributed by atoms with Gasteiger partial charge in [0.05, 0.1) is 0 Å². The Balaban J connectivity index is 2.65. The molecule has 2 aromatic carbocycles. The van der Waals surface area contributed by atoms with Gasteiger partial charge < -0.3 is 15.0 Å². The van der Waals surface area contributed by atoms with Crippen LogP contribution in [0.1, 0.15) is 5.56 Å². The Hall–Kier alpha value is -2.03. The highest BCUT2D eigenvalue weighted by Gasteiger charge is 2.03. The summed E-state index contributed by atoms with van der Waals surface area (Å²) in [5.41, 5.74) is 0.575. The maximum Gasteiger partial charge on any atom is 0.116 e. The van der Waals surface area contributed by atoms with Gasteiger partial charge in [0.2, 0.25) is 0 Å². The van der Waals surface area contributed by atoms with Gasteiger partial charge in [0.15, 0.2) is 0 Å². The Morgan fingerprint density at radius 3 is 2.73 bits per heavy atom. The molecule has 0 unspecified atom stereocenters. The van der Waals surface area contributed by atoms with Crippen LogP contribution >= 0.6 is 0 Å². The molecule has 0 spiro atoms. The summed E-state index contributed by atoms with van der Waals surface area (Å²) >= 11 is 0. The number of aromatic hydroxyl groups is 1. The van der Waals surface area contributed by atoms with Gasteiger partial charge >= 0.3 is 0 Å². The molecule has 0 aromatic heterocycles. The van der Waals surface area contributed by atoms with Crippen LogP contribution in [0.3, 0.4) is 0 Å². The molecule has 0 radical (unpaired) electrons. The third-order valence-electron chi connectivity index (χ3n) is 2.27. The van der Waals surface area contributed by atoms with Crippen LogP contribution in [-0.4, -0.2) is 11.1 Å². The summed E-state index contributed by atoms with van der Waals surface area (Å²) in [5.74, 6) is -1.07. The normalized spacial score (nSPS) is 10.4. The highest BCUT2D eigenvalue weighted by atomic mass is 16.4. The van der Waals surface area contributed by atoms with Crippen molar-refractivity contribution in [3.8, 4) is 5.75 Å². The lowest BCUT2D eigenvalue weighted by Crippen LogP contribution is -2.24. The van der Waals surface area contributed by atoms with Crippen LogP contribution in [0.2, 0.25) is 0 Å². The fourth-order valence-corrected chi connectivity index (χ4v) is 1.67. The van der Waals surface area contributed by atoms with E-state index in [1.54, 1.807) is 6.07 Å². The van der Waals surface area contributed by atoms with Crippen LogP contribution in [0.15, 0.2) is 36.4 Å². The Morgan fingerprint density at radius 2 is 2.00 bits per heavy atom. The first-order chi connectivity index (χ1) is 7.16. The van der Waals surface area contributed by atoms with Gasteiger partial charge in [-0.2, -0.15) is 0 Å². The molecule has 2 rings (SSSR count). The molecule has 0 heterocycles. The Morgan fingerprint density at radius 1 is 1.27 bits per heavy atom. The second-order valence-corrected chi connectivity index (χ2v) is 3.37. The number of carboxylic acids is 1. The highest BCUT2D eigenvalue weighted by molar-refractivity contribution is 5.89. The fourth-order valence-electron chi connectivity index (χ4n) is 1.67. The Kier molecular flexibility index (Phi) is 2.29. The first kappa shape index (κ1) is 9.52. The van der Waals surface area contributed by atoms with E-state index in [9.17, 15) is 15.0 Å². The number of benzene rings is 2. The van der Waals surface area contributed by atoms with Gasteiger partial charge in [-0.25, -0.2) is 0 Å². The van der Waals surface area contributed by atoms with E-state index in [0.29, 0.717) is 5.56 Å². The van der Waals surface area contributed by atoms with E-state index >= 15 is 0 Å². The zero-order valence-corrected chi connectivity index (χ0v) is 7.93. The number of rotatable bonds is 2. The molecule has 0 atom stereocenters. The van der Waals surface area contributed by atoms with Gasteiger partial charge in [0, 0.05) is 12.4 Å². The van der Waals surface area contributed by atoms with Crippen molar-refractivity contribution in [1.29, 1.82) is 0 Å². The maximum atomic E-state index is 10.5. The molecule has 0 aliphatic heterocycles. The molecule has 3 nitrogen and oxygen atoms in total. The van der Waals surface area contributed by atoms with Crippen molar-refractivity contribution in [1.82, 2.24) is 0 Å². The number of hydrogen-bond donors (Lipinski definition) is 1. The van der Waals surface area contributed by atoms with Crippen LogP contribution in [0.5, 0.6) is 5.75 Å². The molecule has 0 amide bonds. The molecule has 2 aromatic rings. The number of carboxylic acid groups (broad SMARTS) is 1. The second-order valence-electron chi connectivity index (χ2n) is 3.37. The van der Waals surface area contributed by atoms with Crippen LogP contribution in [0.4, 0.5) is 0 Å². The second kappa shape index (κ2) is 3.61. The molecular formula is C12H9O3-. The summed E-state index contributed by atoms with van der Waals surface area (Å²) in [6.07, 6.45) is -0.186. The maximum absolute atomic E-state index is 10.5. The minimum Gasteiger partial charge on any atom is -0.550 e. The summed E-state index contributed by atoms with van der Waals surface area (Å²) in [5, 5.41) is 21.6. The van der Waals surface area contributed by atoms with Crippen LogP contribution in [-0.2, 0) is 11.2 Å². The van der Waals surface area contributed by atoms with Crippen molar-refractivity contribution in [2.24, 2.45) is 0 Å². The van der Waals surface area contributed by atoms with Gasteiger partial charge in [-0.05, 0) is 28.5 Å². The third-order valence-corrected chi connectivity index (χ3v) is 2.27. The molecule has 76 valence electrons. The summed E-state index contributed by atoms with van der Waals surface area (Å²) in [6, 6.07) is 10.4. The summed E-state index contributed by atoms with van der Waals surface area (Å²) in [7, 11) is 0. The number of carbonyl (C=O) groups excluding carboxylic acids is 1. The fraction of sp³-hybridized carbons (Fsp3) is 0.0833. The quantitative estimate of drug-likeness (QED) is 0.783. The average molecular weight is 201 g/mol. The van der Waals surface area contributed by atoms with Crippen LogP contribution in [0, 0.1) is 0 Å². The molecule has 0 saturated carbocycles. The molecule has 0 aliphatic carbocycles. The predicted octanol–water partition coefficient (Wildman–Crippen LogP) is 0.838. The zero-order valence-electron chi connectivity index (χ0n) is 7.93. The third kappa shape index (κ3) is 1.91. The van der Waals surface area contributed by atoms with E-state index in [-0.39, 0.29) is 12.2 Å². The molecule has 0 saturated heterocycles. The first-order valence-electron chi connectivity index (χ1n) is 4.57. The zero-order chi connectivity index (χ0) is 10.8. The van der Waals surface area contributed by atoms with Crippen LogP contribution < -0.4 is 5.11 Å². The molecule has 15 heavy (non-hydrogen) atoms. The summed E-state index contributed by atoms with van der Waals surface area (Å²) in [6.45, 7) is 0. The number of phenols is 1. The van der Waals surface area contributed by atoms with E-state index in [1.165, 1.54) is 6.07 Å². The molecule has 0 fully saturated rings. The van der Waals surface area contributed by atoms with Gasteiger partial charge in [0.25, 0.3) is 0 Å². The van der Waals surface area contributed by atoms with E-state index < -0.39 is 5.97 Å². The molecule has 0 aliphatic rings. The minimum absolute atomic E-state index is 0.0740. The predicted molar refractivity (Wildman–Crippen MR) is 54.3 cm³/mol. The van der Waals surface area contributed by atoms with Crippen molar-refractivity contribution in [3.63, 3.8) is 0 Å². The van der Waals surface area contributed by atoms with Crippen molar-refractivity contribution < 1.29 is 15.0 Å². The summed E-state index contributed by atoms with van der Waals surface area (Å²) in [4.78, 5) is 10.5. The smallest absolute Gasteiger partial charge is 0.116 e. The Bertz CT molecular complexity index is 517. The van der Waals surface area contributed by atoms with Crippen LogP contribution in [0.25, 0.3) is 10.8 Å². The number of carbonyl (C=O) groups is 1. The number of hydrogen-bond acceptors (Lipinski definition) is 3. The SMILES string of the molecule is O=C([O-])Cc1cc(O)cc2ccccc12. The van der Waals surface area contributed by atoms with Crippen molar-refractivity contribution in [3.05, 3.63) is 42.0 Å². The van der Waals surface area contributed by atoms with E-state index in [4.69, 9.17) is 0 Å². The lowest BCUT2D eigenvalue weighted by molar-refractivity contribution is -0.304. The molecule has 0 bridgehead atoms.